The van der Waals surface area contributed by atoms with Crippen LogP contribution in [0.3, 0.4) is 0 Å². The average molecular weight is 665 g/mol. The largest absolute Gasteiger partial charge is 0.352 e. The summed E-state index contributed by atoms with van der Waals surface area (Å²) in [6.07, 6.45) is 4.65. The summed E-state index contributed by atoms with van der Waals surface area (Å²) in [5.74, 6) is -0.431. The predicted molar refractivity (Wildman–Crippen MR) is 179 cm³/mol. The molecule has 0 radical (unpaired) electrons. The summed E-state index contributed by atoms with van der Waals surface area (Å²) in [4.78, 5) is 30.0. The maximum Gasteiger partial charge on any atom is 0.265 e. The molecule has 1 N–H and O–H groups in total. The van der Waals surface area contributed by atoms with Crippen LogP contribution in [0.15, 0.2) is 89.8 Å². The molecular weight excluding hydrogens is 629 g/mol. The molecule has 6 rings (SSSR count). The van der Waals surface area contributed by atoms with Crippen LogP contribution < -0.4 is 9.62 Å². The van der Waals surface area contributed by atoms with E-state index in [-0.39, 0.29) is 48.7 Å². The lowest BCUT2D eigenvalue weighted by Crippen LogP contribution is -2.52. The van der Waals surface area contributed by atoms with Crippen LogP contribution in [0.1, 0.15) is 49.7 Å². The van der Waals surface area contributed by atoms with Crippen molar-refractivity contribution in [2.24, 2.45) is 0 Å². The Bertz CT molecular complexity index is 1820. The molecule has 1 heterocycles. The fourth-order valence-electron chi connectivity index (χ4n) is 6.47. The molecular formula is C35H35Cl2N3O4S. The summed E-state index contributed by atoms with van der Waals surface area (Å²) in [5.41, 5.74) is 2.31. The van der Waals surface area contributed by atoms with Gasteiger partial charge in [-0.3, -0.25) is 13.9 Å². The second kappa shape index (κ2) is 13.4. The number of sulfonamides is 1. The highest BCUT2D eigenvalue weighted by Crippen LogP contribution is 2.42. The molecule has 0 aromatic heterocycles. The first-order chi connectivity index (χ1) is 21.7. The minimum atomic E-state index is -3.74. The van der Waals surface area contributed by atoms with E-state index in [1.54, 1.807) is 41.3 Å². The van der Waals surface area contributed by atoms with Gasteiger partial charge >= 0.3 is 0 Å². The Morgan fingerprint density at radius 3 is 2.36 bits per heavy atom. The third-order valence-corrected chi connectivity index (χ3v) is 11.3. The lowest BCUT2D eigenvalue weighted by Gasteiger charge is -2.32. The van der Waals surface area contributed by atoms with Gasteiger partial charge in [0.05, 0.1) is 20.6 Å². The van der Waals surface area contributed by atoms with Gasteiger partial charge < -0.3 is 10.2 Å². The Balaban J connectivity index is 1.26. The van der Waals surface area contributed by atoms with Gasteiger partial charge in [-0.1, -0.05) is 96.7 Å². The summed E-state index contributed by atoms with van der Waals surface area (Å²) in [7, 11) is -3.74. The number of carbonyl (C=O) groups is 2. The van der Waals surface area contributed by atoms with E-state index in [2.05, 4.69) is 5.32 Å². The molecule has 7 nitrogen and oxygen atoms in total. The second-order valence-electron chi connectivity index (χ2n) is 11.8. The summed E-state index contributed by atoms with van der Waals surface area (Å²) in [5, 5.41) is 5.54. The SMILES string of the molecule is O=C(NC1CCCC1)C(Cc1ccccc1)N(Cc1ccc(Cl)c(Cl)c1)C(=O)CCCN1c2cccc3cccc(c23)S1(=O)=O. The van der Waals surface area contributed by atoms with Gasteiger partial charge in [0, 0.05) is 37.4 Å². The van der Waals surface area contributed by atoms with Crippen molar-refractivity contribution in [1.29, 1.82) is 0 Å². The molecule has 2 aliphatic rings. The molecule has 1 aliphatic heterocycles. The van der Waals surface area contributed by atoms with Crippen molar-refractivity contribution in [2.45, 2.75) is 68.5 Å². The number of hydrogen-bond acceptors (Lipinski definition) is 4. The lowest BCUT2D eigenvalue weighted by atomic mass is 10.0. The van der Waals surface area contributed by atoms with Gasteiger partial charge in [0.1, 0.15) is 6.04 Å². The molecule has 234 valence electrons. The van der Waals surface area contributed by atoms with Crippen molar-refractivity contribution in [1.82, 2.24) is 10.2 Å². The zero-order valence-corrected chi connectivity index (χ0v) is 27.1. The minimum absolute atomic E-state index is 0.0572. The Labute approximate surface area is 274 Å². The van der Waals surface area contributed by atoms with Crippen molar-refractivity contribution < 1.29 is 18.0 Å². The third kappa shape index (κ3) is 6.69. The number of nitrogens with one attached hydrogen (secondary N) is 1. The van der Waals surface area contributed by atoms with Crippen LogP contribution in [0.2, 0.25) is 10.0 Å². The summed E-state index contributed by atoms with van der Waals surface area (Å²) < 4.78 is 28.4. The van der Waals surface area contributed by atoms with Gasteiger partial charge in [0.15, 0.2) is 0 Å². The van der Waals surface area contributed by atoms with E-state index in [0.29, 0.717) is 27.5 Å². The van der Waals surface area contributed by atoms with Crippen molar-refractivity contribution in [3.63, 3.8) is 0 Å². The van der Waals surface area contributed by atoms with Crippen LogP contribution in [-0.4, -0.2) is 43.8 Å². The fourth-order valence-corrected chi connectivity index (χ4v) is 8.54. The maximum absolute atomic E-state index is 14.1. The van der Waals surface area contributed by atoms with E-state index in [4.69, 9.17) is 23.2 Å². The molecule has 1 fully saturated rings. The summed E-state index contributed by atoms with van der Waals surface area (Å²) >= 11 is 12.5. The van der Waals surface area contributed by atoms with E-state index < -0.39 is 16.1 Å². The van der Waals surface area contributed by atoms with Crippen LogP contribution in [-0.2, 0) is 32.6 Å². The number of halogens is 2. The monoisotopic (exact) mass is 663 g/mol. The van der Waals surface area contributed by atoms with E-state index in [1.807, 2.05) is 48.5 Å². The van der Waals surface area contributed by atoms with E-state index >= 15 is 0 Å². The molecule has 1 saturated carbocycles. The molecule has 4 aromatic carbocycles. The number of nitrogens with zero attached hydrogens (tertiary/aromatic N) is 2. The van der Waals surface area contributed by atoms with Crippen LogP contribution in [0, 0.1) is 0 Å². The van der Waals surface area contributed by atoms with E-state index in [9.17, 15) is 18.0 Å². The van der Waals surface area contributed by atoms with Gasteiger partial charge in [-0.15, -0.1) is 0 Å². The Kier molecular flexibility index (Phi) is 9.36. The number of carbonyl (C=O) groups excluding carboxylic acids is 2. The first-order valence-corrected chi connectivity index (χ1v) is 17.5. The minimum Gasteiger partial charge on any atom is -0.352 e. The molecule has 1 unspecified atom stereocenters. The Hall–Kier alpha value is -3.59. The molecule has 0 bridgehead atoms. The first-order valence-electron chi connectivity index (χ1n) is 15.3. The molecule has 2 amide bonds. The zero-order chi connectivity index (χ0) is 31.6. The molecule has 1 atom stereocenters. The Morgan fingerprint density at radius 1 is 0.889 bits per heavy atom. The number of anilines is 1. The zero-order valence-electron chi connectivity index (χ0n) is 24.8. The van der Waals surface area contributed by atoms with Crippen molar-refractivity contribution in [3.05, 3.63) is 106 Å². The van der Waals surface area contributed by atoms with Crippen LogP contribution >= 0.6 is 23.2 Å². The van der Waals surface area contributed by atoms with Crippen LogP contribution in [0.25, 0.3) is 10.8 Å². The summed E-state index contributed by atoms with van der Waals surface area (Å²) in [6.45, 7) is 0.290. The number of hydrogen-bond donors (Lipinski definition) is 1. The van der Waals surface area contributed by atoms with Crippen molar-refractivity contribution >= 4 is 61.5 Å². The average Bonchev–Trinajstić information content (AvgIpc) is 3.62. The first kappa shape index (κ1) is 31.4. The van der Waals surface area contributed by atoms with Gasteiger partial charge in [0.25, 0.3) is 10.0 Å². The van der Waals surface area contributed by atoms with Gasteiger partial charge in [-0.05, 0) is 60.0 Å². The number of amides is 2. The molecule has 0 spiro atoms. The van der Waals surface area contributed by atoms with Crippen molar-refractivity contribution in [3.8, 4) is 0 Å². The highest BCUT2D eigenvalue weighted by atomic mass is 35.5. The topological polar surface area (TPSA) is 86.8 Å². The van der Waals surface area contributed by atoms with Crippen LogP contribution in [0.5, 0.6) is 0 Å². The van der Waals surface area contributed by atoms with E-state index in [1.165, 1.54) is 4.31 Å². The van der Waals surface area contributed by atoms with Gasteiger partial charge in [-0.25, -0.2) is 8.42 Å². The molecule has 1 aliphatic carbocycles. The van der Waals surface area contributed by atoms with Gasteiger partial charge in [0.2, 0.25) is 11.8 Å². The number of benzene rings is 4. The van der Waals surface area contributed by atoms with Crippen LogP contribution in [0.4, 0.5) is 5.69 Å². The molecule has 4 aromatic rings. The predicted octanol–water partition coefficient (Wildman–Crippen LogP) is 7.13. The normalized spacial score (nSPS) is 16.2. The Morgan fingerprint density at radius 2 is 1.62 bits per heavy atom. The van der Waals surface area contributed by atoms with E-state index in [0.717, 1.165) is 42.2 Å². The second-order valence-corrected chi connectivity index (χ2v) is 14.4. The fraction of sp³-hybridized carbons (Fsp3) is 0.314. The summed E-state index contributed by atoms with van der Waals surface area (Å²) in [6, 6.07) is 25.0. The standard InChI is InChI=1S/C35H35Cl2N3O4S/c36-28-19-18-25(21-29(28)37)23-39(31(22-24-9-2-1-3-10-24)35(42)38-27-13-4-5-14-27)33(41)17-8-20-40-30-15-6-11-26-12-7-16-32(34(26)30)45(40,43)44/h1-3,6-7,9-12,15-16,18-19,21,27,31H,4-5,8,13-14,17,20,22-23H2,(H,38,42). The third-order valence-electron chi connectivity index (χ3n) is 8.74. The molecule has 45 heavy (non-hydrogen) atoms. The number of rotatable bonds is 11. The molecule has 10 heteroatoms. The smallest absolute Gasteiger partial charge is 0.265 e. The van der Waals surface area contributed by atoms with Gasteiger partial charge in [-0.2, -0.15) is 0 Å². The molecule has 0 saturated heterocycles. The highest BCUT2D eigenvalue weighted by molar-refractivity contribution is 7.93. The quantitative estimate of drug-likeness (QED) is 0.185. The van der Waals surface area contributed by atoms with Crippen molar-refractivity contribution in [2.75, 3.05) is 10.8 Å². The highest BCUT2D eigenvalue weighted by Gasteiger charge is 2.36. The maximum atomic E-state index is 14.1. The lowest BCUT2D eigenvalue weighted by molar-refractivity contribution is -0.141.